The van der Waals surface area contributed by atoms with Crippen LogP contribution in [-0.2, 0) is 4.74 Å². The van der Waals surface area contributed by atoms with Crippen LogP contribution in [0.4, 0.5) is 4.39 Å². The van der Waals surface area contributed by atoms with E-state index in [1.165, 1.54) is 0 Å². The van der Waals surface area contributed by atoms with Crippen molar-refractivity contribution in [1.82, 2.24) is 4.90 Å². The SMILES string of the molecule is COC1CN(C(CN)c2ccc(Br)c(F)c2)CCC1C. The lowest BCUT2D eigenvalue weighted by Crippen LogP contribution is -2.47. The Morgan fingerprint density at radius 1 is 1.55 bits per heavy atom. The van der Waals surface area contributed by atoms with Crippen LogP contribution < -0.4 is 5.73 Å². The van der Waals surface area contributed by atoms with E-state index in [4.69, 9.17) is 10.5 Å². The number of hydrogen-bond acceptors (Lipinski definition) is 3. The first-order valence-electron chi connectivity index (χ1n) is 6.98. The van der Waals surface area contributed by atoms with Gasteiger partial charge in [-0.2, -0.15) is 0 Å². The number of methoxy groups -OCH3 is 1. The van der Waals surface area contributed by atoms with Crippen molar-refractivity contribution in [3.8, 4) is 0 Å². The fraction of sp³-hybridized carbons (Fsp3) is 0.600. The summed E-state index contributed by atoms with van der Waals surface area (Å²) in [6.45, 7) is 4.51. The molecule has 20 heavy (non-hydrogen) atoms. The molecular formula is C15H22BrFN2O. The van der Waals surface area contributed by atoms with Gasteiger partial charge in [0.15, 0.2) is 0 Å². The molecule has 0 bridgehead atoms. The maximum absolute atomic E-state index is 13.7. The van der Waals surface area contributed by atoms with E-state index in [1.54, 1.807) is 19.2 Å². The van der Waals surface area contributed by atoms with Crippen LogP contribution in [0.15, 0.2) is 22.7 Å². The molecule has 1 saturated heterocycles. The summed E-state index contributed by atoms with van der Waals surface area (Å²) in [6.07, 6.45) is 1.30. The van der Waals surface area contributed by atoms with E-state index in [-0.39, 0.29) is 18.0 Å². The van der Waals surface area contributed by atoms with Gasteiger partial charge in [0.05, 0.1) is 10.6 Å². The predicted molar refractivity (Wildman–Crippen MR) is 82.0 cm³/mol. The predicted octanol–water partition coefficient (Wildman–Crippen LogP) is 2.94. The third-order valence-electron chi connectivity index (χ3n) is 4.22. The summed E-state index contributed by atoms with van der Waals surface area (Å²) >= 11 is 3.19. The molecule has 1 aromatic rings. The van der Waals surface area contributed by atoms with E-state index in [9.17, 15) is 4.39 Å². The molecule has 3 nitrogen and oxygen atoms in total. The Balaban J connectivity index is 2.17. The lowest BCUT2D eigenvalue weighted by Gasteiger charge is -2.40. The average molecular weight is 345 g/mol. The number of hydrogen-bond donors (Lipinski definition) is 1. The third kappa shape index (κ3) is 3.39. The van der Waals surface area contributed by atoms with Gasteiger partial charge in [-0.1, -0.05) is 13.0 Å². The Morgan fingerprint density at radius 3 is 2.90 bits per heavy atom. The van der Waals surface area contributed by atoms with Crippen molar-refractivity contribution in [3.63, 3.8) is 0 Å². The lowest BCUT2D eigenvalue weighted by atomic mass is 9.93. The molecule has 0 aromatic heterocycles. The maximum atomic E-state index is 13.7. The van der Waals surface area contributed by atoms with Gasteiger partial charge < -0.3 is 10.5 Å². The first kappa shape index (κ1) is 15.9. The second-order valence-electron chi connectivity index (χ2n) is 5.46. The Bertz CT molecular complexity index is 457. The standard InChI is InChI=1S/C15H22BrFN2O/c1-10-5-6-19(9-15(10)20-2)14(8-18)11-3-4-12(16)13(17)7-11/h3-4,7,10,14-15H,5-6,8-9,18H2,1-2H3. The van der Waals surface area contributed by atoms with Crippen LogP contribution in [0.25, 0.3) is 0 Å². The van der Waals surface area contributed by atoms with Gasteiger partial charge in [-0.3, -0.25) is 4.90 Å². The molecular weight excluding hydrogens is 323 g/mol. The number of ether oxygens (including phenoxy) is 1. The third-order valence-corrected chi connectivity index (χ3v) is 4.86. The minimum Gasteiger partial charge on any atom is -0.380 e. The molecule has 1 fully saturated rings. The van der Waals surface area contributed by atoms with Crippen molar-refractivity contribution in [2.45, 2.75) is 25.5 Å². The number of halogens is 2. The smallest absolute Gasteiger partial charge is 0.137 e. The van der Waals surface area contributed by atoms with Crippen molar-refractivity contribution in [2.24, 2.45) is 11.7 Å². The second-order valence-corrected chi connectivity index (χ2v) is 6.31. The Morgan fingerprint density at radius 2 is 2.30 bits per heavy atom. The Kier molecular flexibility index (Phi) is 5.55. The molecule has 5 heteroatoms. The fourth-order valence-corrected chi connectivity index (χ4v) is 3.11. The highest BCUT2D eigenvalue weighted by molar-refractivity contribution is 9.10. The monoisotopic (exact) mass is 344 g/mol. The van der Waals surface area contributed by atoms with Gasteiger partial charge in [0.2, 0.25) is 0 Å². The molecule has 1 aliphatic heterocycles. The zero-order valence-electron chi connectivity index (χ0n) is 12.0. The molecule has 1 aromatic carbocycles. The van der Waals surface area contributed by atoms with Crippen LogP contribution in [0, 0.1) is 11.7 Å². The largest absolute Gasteiger partial charge is 0.380 e. The zero-order chi connectivity index (χ0) is 14.7. The van der Waals surface area contributed by atoms with Crippen LogP contribution >= 0.6 is 15.9 Å². The molecule has 0 radical (unpaired) electrons. The van der Waals surface area contributed by atoms with Gasteiger partial charge in [0.1, 0.15) is 5.82 Å². The van der Waals surface area contributed by atoms with Gasteiger partial charge in [-0.05, 0) is 52.5 Å². The molecule has 3 unspecified atom stereocenters. The first-order chi connectivity index (χ1) is 9.56. The first-order valence-corrected chi connectivity index (χ1v) is 7.78. The van der Waals surface area contributed by atoms with Crippen molar-refractivity contribution in [2.75, 3.05) is 26.7 Å². The summed E-state index contributed by atoms with van der Waals surface area (Å²) in [6, 6.07) is 5.29. The van der Waals surface area contributed by atoms with Gasteiger partial charge in [0.25, 0.3) is 0 Å². The van der Waals surface area contributed by atoms with Crippen molar-refractivity contribution in [3.05, 3.63) is 34.1 Å². The summed E-state index contributed by atoms with van der Waals surface area (Å²) in [5.41, 5.74) is 6.86. The van der Waals surface area contributed by atoms with Gasteiger partial charge in [-0.25, -0.2) is 4.39 Å². The lowest BCUT2D eigenvalue weighted by molar-refractivity contribution is -0.0183. The molecule has 0 amide bonds. The summed E-state index contributed by atoms with van der Waals surface area (Å²) in [4.78, 5) is 2.30. The van der Waals surface area contributed by atoms with Crippen molar-refractivity contribution < 1.29 is 9.13 Å². The van der Waals surface area contributed by atoms with Gasteiger partial charge in [0, 0.05) is 26.2 Å². The summed E-state index contributed by atoms with van der Waals surface area (Å²) in [5, 5.41) is 0. The number of nitrogens with zero attached hydrogens (tertiary/aromatic N) is 1. The van der Waals surface area contributed by atoms with Gasteiger partial charge in [-0.15, -0.1) is 0 Å². The zero-order valence-corrected chi connectivity index (χ0v) is 13.6. The molecule has 0 aliphatic carbocycles. The number of likely N-dealkylation sites (tertiary alicyclic amines) is 1. The van der Waals surface area contributed by atoms with Crippen LogP contribution in [-0.4, -0.2) is 37.7 Å². The molecule has 0 saturated carbocycles. The highest BCUT2D eigenvalue weighted by Crippen LogP contribution is 2.29. The minimum atomic E-state index is -0.241. The number of nitrogens with two attached hydrogens (primary N) is 1. The number of benzene rings is 1. The summed E-state index contributed by atoms with van der Waals surface area (Å²) in [5.74, 6) is 0.311. The van der Waals surface area contributed by atoms with Crippen molar-refractivity contribution in [1.29, 1.82) is 0 Å². The van der Waals surface area contributed by atoms with E-state index >= 15 is 0 Å². The molecule has 3 atom stereocenters. The fourth-order valence-electron chi connectivity index (χ4n) is 2.86. The van der Waals surface area contributed by atoms with E-state index < -0.39 is 0 Å². The van der Waals surface area contributed by atoms with Crippen LogP contribution in [0.5, 0.6) is 0 Å². The molecule has 0 spiro atoms. The van der Waals surface area contributed by atoms with E-state index in [0.29, 0.717) is 16.9 Å². The maximum Gasteiger partial charge on any atom is 0.137 e. The van der Waals surface area contributed by atoms with Gasteiger partial charge >= 0.3 is 0 Å². The minimum absolute atomic E-state index is 0.0442. The summed E-state index contributed by atoms with van der Waals surface area (Å²) < 4.78 is 19.7. The normalized spacial score (nSPS) is 25.6. The van der Waals surface area contributed by atoms with E-state index in [1.807, 2.05) is 6.07 Å². The molecule has 112 valence electrons. The Labute approximate surface area is 128 Å². The highest BCUT2D eigenvalue weighted by Gasteiger charge is 2.30. The van der Waals surface area contributed by atoms with Crippen molar-refractivity contribution >= 4 is 15.9 Å². The van der Waals surface area contributed by atoms with E-state index in [0.717, 1.165) is 25.1 Å². The number of rotatable bonds is 4. The van der Waals surface area contributed by atoms with E-state index in [2.05, 4.69) is 27.8 Å². The molecule has 1 heterocycles. The summed E-state index contributed by atoms with van der Waals surface area (Å²) in [7, 11) is 1.75. The molecule has 2 rings (SSSR count). The topological polar surface area (TPSA) is 38.5 Å². The average Bonchev–Trinajstić information content (AvgIpc) is 2.45. The van der Waals surface area contributed by atoms with Crippen LogP contribution in [0.2, 0.25) is 0 Å². The van der Waals surface area contributed by atoms with Crippen LogP contribution in [0.1, 0.15) is 24.9 Å². The second kappa shape index (κ2) is 6.98. The molecule has 2 N–H and O–H groups in total. The Hall–Kier alpha value is -0.490. The quantitative estimate of drug-likeness (QED) is 0.912. The molecule has 1 aliphatic rings. The number of piperidine rings is 1. The highest BCUT2D eigenvalue weighted by atomic mass is 79.9. The van der Waals surface area contributed by atoms with Crippen LogP contribution in [0.3, 0.4) is 0 Å².